The predicted octanol–water partition coefficient (Wildman–Crippen LogP) is 6.97. The van der Waals surface area contributed by atoms with Crippen molar-refractivity contribution in [1.82, 2.24) is 5.32 Å². The van der Waals surface area contributed by atoms with Gasteiger partial charge in [0.2, 0.25) is 0 Å². The first kappa shape index (κ1) is 26.4. The van der Waals surface area contributed by atoms with E-state index in [1.165, 1.54) is 10.5 Å². The Hall–Kier alpha value is -0.820. The maximum atomic E-state index is 14.1. The second-order valence-electron chi connectivity index (χ2n) is 8.04. The van der Waals surface area contributed by atoms with Crippen molar-refractivity contribution in [3.05, 3.63) is 63.9 Å². The number of unbranched alkanes of at least 4 members (excludes halogenated alkanes) is 1. The van der Waals surface area contributed by atoms with Crippen LogP contribution in [-0.2, 0) is 21.0 Å². The summed E-state index contributed by atoms with van der Waals surface area (Å²) in [7, 11) is -2.50. The lowest BCUT2D eigenvalue weighted by Gasteiger charge is -2.25. The van der Waals surface area contributed by atoms with Gasteiger partial charge in [-0.15, -0.1) is 21.2 Å². The number of nitrogens with one attached hydrogen (secondary N) is 1. The van der Waals surface area contributed by atoms with E-state index in [9.17, 15) is 8.96 Å². The first-order valence-corrected chi connectivity index (χ1v) is 13.4. The van der Waals surface area contributed by atoms with Crippen LogP contribution in [0, 0.1) is 5.82 Å². The van der Waals surface area contributed by atoms with Gasteiger partial charge in [0, 0.05) is 20.5 Å². The van der Waals surface area contributed by atoms with Gasteiger partial charge in [-0.2, -0.15) is 0 Å². The second kappa shape index (κ2) is 13.7. The maximum Gasteiger partial charge on any atom is 0.694 e. The van der Waals surface area contributed by atoms with Gasteiger partial charge in [0.1, 0.15) is 12.4 Å². The number of benzene rings is 2. The molecule has 0 heterocycles. The molecule has 0 fully saturated rings. The lowest BCUT2D eigenvalue weighted by Crippen LogP contribution is -2.18. The summed E-state index contributed by atoms with van der Waals surface area (Å²) in [6, 6.07) is 13.4. The van der Waals surface area contributed by atoms with Crippen molar-refractivity contribution in [2.75, 3.05) is 18.9 Å². The molecule has 0 saturated heterocycles. The smallest absolute Gasteiger partial charge is 0.313 e. The molecular weight excluding hydrogens is 500 g/mol. The second-order valence-corrected chi connectivity index (χ2v) is 10.8. The van der Waals surface area contributed by atoms with Crippen LogP contribution in [0.15, 0.2) is 51.8 Å². The Morgan fingerprint density at radius 1 is 1.19 bits per heavy atom. The number of rotatable bonds is 14. The van der Waals surface area contributed by atoms with E-state index in [-0.39, 0.29) is 17.8 Å². The van der Waals surface area contributed by atoms with E-state index < -0.39 is 8.25 Å². The van der Waals surface area contributed by atoms with Gasteiger partial charge < -0.3 is 5.32 Å². The van der Waals surface area contributed by atoms with Crippen molar-refractivity contribution in [2.24, 2.45) is 0 Å². The van der Waals surface area contributed by atoms with Gasteiger partial charge in [0.05, 0.1) is 0 Å². The third-order valence-corrected chi connectivity index (χ3v) is 7.56. The third-order valence-electron chi connectivity index (χ3n) is 5.08. The van der Waals surface area contributed by atoms with Crippen LogP contribution in [0.1, 0.15) is 50.7 Å². The SMILES string of the molecule is CC(C)(CCCCSc1ccc(CNCCCO[P+](=O)O)cc1Br)c1ccccc1F. The van der Waals surface area contributed by atoms with Crippen molar-refractivity contribution < 1.29 is 18.4 Å². The van der Waals surface area contributed by atoms with Crippen LogP contribution in [0.2, 0.25) is 0 Å². The van der Waals surface area contributed by atoms with E-state index >= 15 is 0 Å². The number of hydrogen-bond acceptors (Lipinski definition) is 4. The fraction of sp³-hybridized carbons (Fsp3) is 0.478. The molecule has 0 aliphatic carbocycles. The van der Waals surface area contributed by atoms with Crippen LogP contribution in [-0.4, -0.2) is 23.8 Å². The van der Waals surface area contributed by atoms with E-state index in [4.69, 9.17) is 4.89 Å². The molecule has 0 amide bonds. The molecule has 0 bridgehead atoms. The monoisotopic (exact) mass is 530 g/mol. The van der Waals surface area contributed by atoms with E-state index in [1.807, 2.05) is 23.9 Å². The first-order valence-electron chi connectivity index (χ1n) is 10.5. The molecule has 8 heteroatoms. The molecule has 0 aromatic heterocycles. The van der Waals surface area contributed by atoms with Gasteiger partial charge in [0.25, 0.3) is 0 Å². The standard InChI is InChI=1S/C23H30BrFNO3PS/c1-23(2,19-8-3-4-9-21(19)25)12-5-6-15-31-22-11-10-18(16-20(22)24)17-26-13-7-14-29-30(27)28/h3-4,8-11,16,26H,5-7,12-15,17H2,1-2H3/p+1. The minimum Gasteiger partial charge on any atom is -0.313 e. The maximum absolute atomic E-state index is 14.1. The topological polar surface area (TPSA) is 58.6 Å². The molecule has 4 nitrogen and oxygen atoms in total. The minimum atomic E-state index is -2.50. The Labute approximate surface area is 198 Å². The van der Waals surface area contributed by atoms with Gasteiger partial charge in [-0.25, -0.2) is 4.39 Å². The summed E-state index contributed by atoms with van der Waals surface area (Å²) in [5, 5.41) is 3.30. The zero-order valence-corrected chi connectivity index (χ0v) is 21.4. The van der Waals surface area contributed by atoms with Crippen LogP contribution < -0.4 is 5.32 Å². The van der Waals surface area contributed by atoms with Gasteiger partial charge in [-0.05, 0) is 82.2 Å². The van der Waals surface area contributed by atoms with Crippen molar-refractivity contribution >= 4 is 35.9 Å². The molecule has 1 atom stereocenters. The zero-order chi connectivity index (χ0) is 22.7. The first-order chi connectivity index (χ1) is 14.8. The average molecular weight is 531 g/mol. The van der Waals surface area contributed by atoms with Gasteiger partial charge >= 0.3 is 8.25 Å². The summed E-state index contributed by atoms with van der Waals surface area (Å²) in [4.78, 5) is 9.79. The molecule has 2 N–H and O–H groups in total. The van der Waals surface area contributed by atoms with Gasteiger partial charge in [0.15, 0.2) is 0 Å². The van der Waals surface area contributed by atoms with Crippen LogP contribution in [0.4, 0.5) is 4.39 Å². The largest absolute Gasteiger partial charge is 0.694 e. The average Bonchev–Trinajstić information content (AvgIpc) is 2.71. The molecule has 0 aliphatic heterocycles. The Morgan fingerprint density at radius 3 is 2.68 bits per heavy atom. The van der Waals surface area contributed by atoms with Crippen molar-refractivity contribution in [3.63, 3.8) is 0 Å². The van der Waals surface area contributed by atoms with Crippen LogP contribution >= 0.6 is 35.9 Å². The Balaban J connectivity index is 1.68. The highest BCUT2D eigenvalue weighted by Gasteiger charge is 2.23. The third kappa shape index (κ3) is 9.68. The summed E-state index contributed by atoms with van der Waals surface area (Å²) >= 11 is 5.50. The highest BCUT2D eigenvalue weighted by Crippen LogP contribution is 2.33. The van der Waals surface area contributed by atoms with Crippen molar-refractivity contribution in [2.45, 2.75) is 56.4 Å². The Bertz CT molecular complexity index is 853. The lowest BCUT2D eigenvalue weighted by molar-refractivity contribution is 0.276. The fourth-order valence-electron chi connectivity index (χ4n) is 3.34. The molecule has 1 unspecified atom stereocenters. The number of thioether (sulfide) groups is 1. The number of halogens is 2. The van der Waals surface area contributed by atoms with E-state index in [1.54, 1.807) is 12.1 Å². The van der Waals surface area contributed by atoms with Gasteiger partial charge in [-0.3, -0.25) is 0 Å². The normalized spacial score (nSPS) is 12.2. The molecule has 0 radical (unpaired) electrons. The molecule has 170 valence electrons. The van der Waals surface area contributed by atoms with E-state index in [0.29, 0.717) is 6.42 Å². The summed E-state index contributed by atoms with van der Waals surface area (Å²) in [5.74, 6) is 0.909. The zero-order valence-electron chi connectivity index (χ0n) is 18.1. The summed E-state index contributed by atoms with van der Waals surface area (Å²) in [6.45, 7) is 5.96. The lowest BCUT2D eigenvalue weighted by atomic mass is 9.80. The molecule has 0 saturated carbocycles. The van der Waals surface area contributed by atoms with Crippen LogP contribution in [0.25, 0.3) is 0 Å². The molecule has 2 rings (SSSR count). The highest BCUT2D eigenvalue weighted by molar-refractivity contribution is 9.10. The molecule has 2 aromatic rings. The quantitative estimate of drug-likeness (QED) is 0.157. The molecule has 31 heavy (non-hydrogen) atoms. The highest BCUT2D eigenvalue weighted by atomic mass is 79.9. The van der Waals surface area contributed by atoms with Gasteiger partial charge in [-0.1, -0.05) is 44.5 Å². The molecule has 2 aromatic carbocycles. The predicted molar refractivity (Wildman–Crippen MR) is 130 cm³/mol. The molecule has 0 spiro atoms. The van der Waals surface area contributed by atoms with Crippen LogP contribution in [0.3, 0.4) is 0 Å². The van der Waals surface area contributed by atoms with Crippen LogP contribution in [0.5, 0.6) is 0 Å². The van der Waals surface area contributed by atoms with Crippen molar-refractivity contribution in [3.8, 4) is 0 Å². The summed E-state index contributed by atoms with van der Waals surface area (Å²) in [6.07, 6.45) is 3.78. The number of hydrogen-bond donors (Lipinski definition) is 2. The molecular formula is C23H31BrFNO3PS+. The van der Waals surface area contributed by atoms with Crippen molar-refractivity contribution in [1.29, 1.82) is 0 Å². The van der Waals surface area contributed by atoms with E-state index in [2.05, 4.69) is 57.8 Å². The Morgan fingerprint density at radius 2 is 1.97 bits per heavy atom. The minimum absolute atomic E-state index is 0.115. The fourth-order valence-corrected chi connectivity index (χ4v) is 5.32. The molecule has 0 aliphatic rings. The summed E-state index contributed by atoms with van der Waals surface area (Å²) in [5.41, 5.74) is 1.82. The van der Waals surface area contributed by atoms with E-state index in [0.717, 1.165) is 48.1 Å². The Kier molecular flexibility index (Phi) is 11.7. The summed E-state index contributed by atoms with van der Waals surface area (Å²) < 4.78 is 30.2.